The third-order valence-electron chi connectivity index (χ3n) is 10.1. The van der Waals surface area contributed by atoms with Gasteiger partial charge in [0, 0.05) is 63.4 Å². The molecule has 1 amide bonds. The summed E-state index contributed by atoms with van der Waals surface area (Å²) in [5, 5.41) is 21.3. The zero-order chi connectivity index (χ0) is 31.8. The fraction of sp³-hybridized carbons (Fsp3) is 0.600. The predicted octanol–water partition coefficient (Wildman–Crippen LogP) is 5.43. The minimum atomic E-state index is -0.673. The summed E-state index contributed by atoms with van der Waals surface area (Å²) in [4.78, 5) is 43.0. The molecule has 0 aromatic heterocycles. The smallest absolute Gasteiger partial charge is 0.321 e. The van der Waals surface area contributed by atoms with Crippen LogP contribution in [-0.4, -0.2) is 94.6 Å². The SMILES string of the molecule is CCCN(C(=O)COc1ccc([N+](=O)[O-])cc1)C1CCN(C[C@H]2CN([C@@H](C(=O)O)C3CCCCC3)C[C@@H]2c2ccccc2)CC1. The third kappa shape index (κ3) is 8.41. The Morgan fingerprint density at radius 1 is 1.00 bits per heavy atom. The van der Waals surface area contributed by atoms with E-state index in [2.05, 4.69) is 41.0 Å². The second kappa shape index (κ2) is 15.7. The van der Waals surface area contributed by atoms with Gasteiger partial charge >= 0.3 is 5.97 Å². The van der Waals surface area contributed by atoms with Crippen molar-refractivity contribution in [2.45, 2.75) is 76.3 Å². The van der Waals surface area contributed by atoms with E-state index in [-0.39, 0.29) is 30.2 Å². The summed E-state index contributed by atoms with van der Waals surface area (Å²) in [5.74, 6) is 0.572. The van der Waals surface area contributed by atoms with Crippen LogP contribution < -0.4 is 4.74 Å². The molecular weight excluding hydrogens is 572 g/mol. The maximum Gasteiger partial charge on any atom is 0.321 e. The van der Waals surface area contributed by atoms with E-state index in [0.29, 0.717) is 24.1 Å². The van der Waals surface area contributed by atoms with Crippen molar-refractivity contribution in [3.05, 3.63) is 70.3 Å². The van der Waals surface area contributed by atoms with Gasteiger partial charge < -0.3 is 19.6 Å². The summed E-state index contributed by atoms with van der Waals surface area (Å²) in [6.45, 7) is 6.93. The Morgan fingerprint density at radius 2 is 1.69 bits per heavy atom. The van der Waals surface area contributed by atoms with Gasteiger partial charge in [-0.3, -0.25) is 24.6 Å². The zero-order valence-corrected chi connectivity index (χ0v) is 26.5. The van der Waals surface area contributed by atoms with Crippen LogP contribution in [0.1, 0.15) is 69.8 Å². The van der Waals surface area contributed by atoms with E-state index in [9.17, 15) is 24.8 Å². The van der Waals surface area contributed by atoms with Gasteiger partial charge in [-0.15, -0.1) is 0 Å². The molecule has 244 valence electrons. The molecule has 2 heterocycles. The van der Waals surface area contributed by atoms with E-state index in [1.807, 2.05) is 11.0 Å². The van der Waals surface area contributed by atoms with E-state index in [4.69, 9.17) is 4.74 Å². The highest BCUT2D eigenvalue weighted by molar-refractivity contribution is 5.78. The van der Waals surface area contributed by atoms with Crippen LogP contribution in [-0.2, 0) is 9.59 Å². The first-order valence-electron chi connectivity index (χ1n) is 16.7. The van der Waals surface area contributed by atoms with Crippen molar-refractivity contribution in [3.63, 3.8) is 0 Å². The highest BCUT2D eigenvalue weighted by atomic mass is 16.6. The number of carboxylic acids is 1. The van der Waals surface area contributed by atoms with Crippen molar-refractivity contribution < 1.29 is 24.4 Å². The highest BCUT2D eigenvalue weighted by Crippen LogP contribution is 2.38. The Bertz CT molecular complexity index is 1260. The van der Waals surface area contributed by atoms with Crippen LogP contribution in [0.3, 0.4) is 0 Å². The molecule has 2 aromatic carbocycles. The molecule has 3 aliphatic rings. The molecular formula is C35H48N4O6. The molecule has 2 aromatic rings. The van der Waals surface area contributed by atoms with Gasteiger partial charge in [0.2, 0.25) is 0 Å². The standard InChI is InChI=1S/C35H48N4O6/c1-2-19-38(33(40)25-45-31-15-13-30(14-16-31)39(43)44)29-17-20-36(21-18-29)22-28-23-37(24-32(28)26-9-5-3-6-10-26)34(35(41)42)27-11-7-4-8-12-27/h3,5-6,9-10,13-16,27-29,32,34H,2,4,7-8,11-12,17-25H2,1H3,(H,41,42)/t28-,32+,34+/m0/s1. The van der Waals surface area contributed by atoms with Gasteiger partial charge in [-0.05, 0) is 61.6 Å². The fourth-order valence-corrected chi connectivity index (χ4v) is 7.89. The summed E-state index contributed by atoms with van der Waals surface area (Å²) in [7, 11) is 0. The summed E-state index contributed by atoms with van der Waals surface area (Å²) in [6.07, 6.45) is 8.10. The molecule has 2 saturated heterocycles. The number of nitro benzene ring substituents is 1. The summed E-state index contributed by atoms with van der Waals surface area (Å²) < 4.78 is 5.70. The van der Waals surface area contributed by atoms with Crippen LogP contribution in [0, 0.1) is 22.0 Å². The molecule has 5 rings (SSSR count). The summed E-state index contributed by atoms with van der Waals surface area (Å²) in [5.41, 5.74) is 1.28. The fourth-order valence-electron chi connectivity index (χ4n) is 7.89. The van der Waals surface area contributed by atoms with Crippen molar-refractivity contribution in [1.82, 2.24) is 14.7 Å². The summed E-state index contributed by atoms with van der Waals surface area (Å²) in [6, 6.07) is 16.1. The Labute approximate surface area is 266 Å². The number of ether oxygens (including phenoxy) is 1. The molecule has 0 spiro atoms. The lowest BCUT2D eigenvalue weighted by atomic mass is 9.83. The minimum Gasteiger partial charge on any atom is -0.484 e. The van der Waals surface area contributed by atoms with Crippen LogP contribution in [0.25, 0.3) is 0 Å². The highest BCUT2D eigenvalue weighted by Gasteiger charge is 2.43. The van der Waals surface area contributed by atoms with E-state index in [1.54, 1.807) is 0 Å². The number of carboxylic acid groups (broad SMARTS) is 1. The minimum absolute atomic E-state index is 0.0145. The zero-order valence-electron chi connectivity index (χ0n) is 26.5. The number of nitro groups is 1. The second-order valence-electron chi connectivity index (χ2n) is 13.1. The lowest BCUT2D eigenvalue weighted by Crippen LogP contribution is -2.50. The number of aliphatic carboxylic acids is 1. The number of rotatable bonds is 13. The number of non-ortho nitro benzene ring substituents is 1. The first-order chi connectivity index (χ1) is 21.8. The Morgan fingerprint density at radius 3 is 2.31 bits per heavy atom. The Kier molecular flexibility index (Phi) is 11.5. The van der Waals surface area contributed by atoms with Gasteiger partial charge in [-0.25, -0.2) is 0 Å². The predicted molar refractivity (Wildman–Crippen MR) is 172 cm³/mol. The van der Waals surface area contributed by atoms with Crippen molar-refractivity contribution in [2.24, 2.45) is 11.8 Å². The number of amides is 1. The van der Waals surface area contributed by atoms with Crippen LogP contribution in [0.5, 0.6) is 5.75 Å². The average molecular weight is 621 g/mol. The number of piperidine rings is 1. The maximum atomic E-state index is 13.3. The monoisotopic (exact) mass is 620 g/mol. The first-order valence-corrected chi connectivity index (χ1v) is 16.7. The maximum absolute atomic E-state index is 13.3. The van der Waals surface area contributed by atoms with Crippen LogP contribution in [0.4, 0.5) is 5.69 Å². The second-order valence-corrected chi connectivity index (χ2v) is 13.1. The van der Waals surface area contributed by atoms with Gasteiger partial charge in [0.15, 0.2) is 6.61 Å². The topological polar surface area (TPSA) is 116 Å². The van der Waals surface area contributed by atoms with Crippen molar-refractivity contribution in [1.29, 1.82) is 0 Å². The van der Waals surface area contributed by atoms with E-state index in [0.717, 1.165) is 77.7 Å². The molecule has 0 bridgehead atoms. The molecule has 45 heavy (non-hydrogen) atoms. The van der Waals surface area contributed by atoms with E-state index < -0.39 is 16.9 Å². The molecule has 2 aliphatic heterocycles. The molecule has 3 fully saturated rings. The van der Waals surface area contributed by atoms with Gasteiger partial charge in [0.05, 0.1) is 4.92 Å². The third-order valence-corrected chi connectivity index (χ3v) is 10.1. The van der Waals surface area contributed by atoms with Crippen LogP contribution >= 0.6 is 0 Å². The normalized spacial score (nSPS) is 22.6. The first kappa shape index (κ1) is 32.9. The van der Waals surface area contributed by atoms with Gasteiger partial charge in [-0.2, -0.15) is 0 Å². The van der Waals surface area contributed by atoms with Crippen LogP contribution in [0.15, 0.2) is 54.6 Å². The average Bonchev–Trinajstić information content (AvgIpc) is 3.46. The Balaban J connectivity index is 1.19. The molecule has 10 heteroatoms. The largest absolute Gasteiger partial charge is 0.484 e. The molecule has 1 aliphatic carbocycles. The number of carbonyl (C=O) groups excluding carboxylic acids is 1. The number of hydrogen-bond donors (Lipinski definition) is 1. The van der Waals surface area contributed by atoms with Crippen molar-refractivity contribution in [2.75, 3.05) is 45.9 Å². The quantitative estimate of drug-likeness (QED) is 0.233. The number of carbonyl (C=O) groups is 2. The molecule has 10 nitrogen and oxygen atoms in total. The molecule has 1 N–H and O–H groups in total. The van der Waals surface area contributed by atoms with Crippen molar-refractivity contribution in [3.8, 4) is 5.75 Å². The lowest BCUT2D eigenvalue weighted by Gasteiger charge is -2.39. The van der Waals surface area contributed by atoms with Gasteiger partial charge in [0.25, 0.3) is 11.6 Å². The molecule has 3 atom stereocenters. The number of nitrogens with zero attached hydrogens (tertiary/aromatic N) is 4. The van der Waals surface area contributed by atoms with Crippen molar-refractivity contribution >= 4 is 17.6 Å². The van der Waals surface area contributed by atoms with Gasteiger partial charge in [-0.1, -0.05) is 56.5 Å². The lowest BCUT2D eigenvalue weighted by molar-refractivity contribution is -0.384. The van der Waals surface area contributed by atoms with Gasteiger partial charge in [0.1, 0.15) is 11.8 Å². The van der Waals surface area contributed by atoms with E-state index in [1.165, 1.54) is 36.2 Å². The Hall–Kier alpha value is -3.50. The molecule has 0 radical (unpaired) electrons. The van der Waals surface area contributed by atoms with E-state index >= 15 is 0 Å². The summed E-state index contributed by atoms with van der Waals surface area (Å²) >= 11 is 0. The van der Waals surface area contributed by atoms with Crippen LogP contribution in [0.2, 0.25) is 0 Å². The molecule has 0 unspecified atom stereocenters. The number of benzene rings is 2. The number of likely N-dealkylation sites (tertiary alicyclic amines) is 2. The number of hydrogen-bond acceptors (Lipinski definition) is 7. The molecule has 1 saturated carbocycles.